The number of carbonyl (C=O) groups excluding carboxylic acids is 2. The molecular formula is C21H27ClN2O2. The molecular weight excluding hydrogens is 348 g/mol. The van der Waals surface area contributed by atoms with Crippen molar-refractivity contribution < 1.29 is 9.59 Å². The molecule has 0 spiro atoms. The molecule has 4 nitrogen and oxygen atoms in total. The van der Waals surface area contributed by atoms with Crippen molar-refractivity contribution >= 4 is 23.4 Å². The topological polar surface area (TPSA) is 58.2 Å². The molecule has 1 aromatic rings. The van der Waals surface area contributed by atoms with Crippen LogP contribution >= 0.6 is 11.6 Å². The van der Waals surface area contributed by atoms with E-state index in [9.17, 15) is 9.59 Å². The van der Waals surface area contributed by atoms with Crippen molar-refractivity contribution in [3.05, 3.63) is 34.9 Å². The Kier molecular flexibility index (Phi) is 4.72. The van der Waals surface area contributed by atoms with Crippen LogP contribution in [0.1, 0.15) is 57.1 Å². The molecule has 4 aliphatic carbocycles. The van der Waals surface area contributed by atoms with Crippen molar-refractivity contribution in [3.8, 4) is 0 Å². The highest BCUT2D eigenvalue weighted by molar-refractivity contribution is 6.30. The number of carbonyl (C=O) groups is 2. The summed E-state index contributed by atoms with van der Waals surface area (Å²) in [4.78, 5) is 25.2. The minimum Gasteiger partial charge on any atom is -0.348 e. The summed E-state index contributed by atoms with van der Waals surface area (Å²) in [6.45, 7) is 1.99. The molecule has 2 amide bonds. The van der Waals surface area contributed by atoms with E-state index in [-0.39, 0.29) is 29.8 Å². The van der Waals surface area contributed by atoms with Gasteiger partial charge >= 0.3 is 0 Å². The Morgan fingerprint density at radius 3 is 2.15 bits per heavy atom. The second-order valence-electron chi connectivity index (χ2n) is 8.72. The van der Waals surface area contributed by atoms with Crippen LogP contribution in [0.3, 0.4) is 0 Å². The van der Waals surface area contributed by atoms with Crippen LogP contribution in [0.4, 0.5) is 0 Å². The van der Waals surface area contributed by atoms with Gasteiger partial charge < -0.3 is 10.6 Å². The third-order valence-electron chi connectivity index (χ3n) is 6.68. The van der Waals surface area contributed by atoms with E-state index in [1.807, 2.05) is 31.2 Å². The number of halogens is 1. The van der Waals surface area contributed by atoms with Crippen molar-refractivity contribution in [2.75, 3.05) is 6.54 Å². The Morgan fingerprint density at radius 1 is 1.08 bits per heavy atom. The van der Waals surface area contributed by atoms with E-state index in [4.69, 9.17) is 11.6 Å². The lowest BCUT2D eigenvalue weighted by Gasteiger charge is -2.55. The van der Waals surface area contributed by atoms with Crippen LogP contribution in [0.2, 0.25) is 5.02 Å². The molecule has 1 aromatic carbocycles. The zero-order chi connectivity index (χ0) is 18.3. The predicted octanol–water partition coefficient (Wildman–Crippen LogP) is 3.85. The first-order valence-electron chi connectivity index (χ1n) is 9.77. The van der Waals surface area contributed by atoms with Crippen LogP contribution in [-0.4, -0.2) is 18.4 Å². The van der Waals surface area contributed by atoms with Gasteiger partial charge in [0.25, 0.3) is 0 Å². The van der Waals surface area contributed by atoms with Crippen molar-refractivity contribution in [1.29, 1.82) is 0 Å². The molecule has 26 heavy (non-hydrogen) atoms. The lowest BCUT2D eigenvalue weighted by molar-refractivity contribution is -0.147. The van der Waals surface area contributed by atoms with E-state index in [1.54, 1.807) is 0 Å². The maximum absolute atomic E-state index is 12.9. The maximum atomic E-state index is 12.9. The Hall–Kier alpha value is -1.55. The van der Waals surface area contributed by atoms with Crippen molar-refractivity contribution in [1.82, 2.24) is 10.6 Å². The summed E-state index contributed by atoms with van der Waals surface area (Å²) in [7, 11) is 0. The third kappa shape index (κ3) is 3.48. The van der Waals surface area contributed by atoms with Gasteiger partial charge in [-0.2, -0.15) is 0 Å². The Labute approximate surface area is 160 Å². The van der Waals surface area contributed by atoms with Crippen LogP contribution in [0.5, 0.6) is 0 Å². The Bertz CT molecular complexity index is 665. The fourth-order valence-corrected chi connectivity index (χ4v) is 5.99. The number of amides is 2. The van der Waals surface area contributed by atoms with Crippen LogP contribution in [0.25, 0.3) is 0 Å². The minimum atomic E-state index is -0.198. The smallest absolute Gasteiger partial charge is 0.239 e. The molecule has 0 heterocycles. The fourth-order valence-electron chi connectivity index (χ4n) is 5.86. The number of benzene rings is 1. The van der Waals surface area contributed by atoms with Gasteiger partial charge in [-0.15, -0.1) is 0 Å². The van der Waals surface area contributed by atoms with E-state index >= 15 is 0 Å². The zero-order valence-corrected chi connectivity index (χ0v) is 16.0. The van der Waals surface area contributed by atoms with E-state index in [2.05, 4.69) is 10.6 Å². The lowest BCUT2D eigenvalue weighted by Crippen LogP contribution is -2.54. The van der Waals surface area contributed by atoms with E-state index in [1.165, 1.54) is 19.3 Å². The molecule has 140 valence electrons. The monoisotopic (exact) mass is 374 g/mol. The molecule has 4 bridgehead atoms. The van der Waals surface area contributed by atoms with Crippen LogP contribution in [0.15, 0.2) is 24.3 Å². The fraction of sp³-hybridized carbons (Fsp3) is 0.619. The summed E-state index contributed by atoms with van der Waals surface area (Å²) in [5.41, 5.74) is 0.798. The van der Waals surface area contributed by atoms with Gasteiger partial charge in [-0.3, -0.25) is 9.59 Å². The molecule has 0 aromatic heterocycles. The summed E-state index contributed by atoms with van der Waals surface area (Å²) in [5.74, 6) is 2.14. The lowest BCUT2D eigenvalue weighted by atomic mass is 9.49. The normalized spacial score (nSPS) is 32.9. The molecule has 5 rings (SSSR count). The molecule has 0 saturated heterocycles. The summed E-state index contributed by atoms with van der Waals surface area (Å²) >= 11 is 5.90. The van der Waals surface area contributed by atoms with Gasteiger partial charge in [-0.1, -0.05) is 23.7 Å². The first kappa shape index (κ1) is 17.8. The number of hydrogen-bond acceptors (Lipinski definition) is 2. The summed E-state index contributed by atoms with van der Waals surface area (Å²) < 4.78 is 0. The third-order valence-corrected chi connectivity index (χ3v) is 6.93. The second-order valence-corrected chi connectivity index (χ2v) is 9.16. The van der Waals surface area contributed by atoms with Gasteiger partial charge in [-0.25, -0.2) is 0 Å². The molecule has 1 unspecified atom stereocenters. The highest BCUT2D eigenvalue weighted by Crippen LogP contribution is 2.60. The Morgan fingerprint density at radius 2 is 1.62 bits per heavy atom. The summed E-state index contributed by atoms with van der Waals surface area (Å²) in [5, 5.41) is 6.56. The highest BCUT2D eigenvalue weighted by atomic mass is 35.5. The van der Waals surface area contributed by atoms with E-state index < -0.39 is 0 Å². The molecule has 4 fully saturated rings. The van der Waals surface area contributed by atoms with Gasteiger partial charge in [0.1, 0.15) is 0 Å². The first-order chi connectivity index (χ1) is 12.4. The molecule has 1 atom stereocenters. The van der Waals surface area contributed by atoms with Gasteiger partial charge in [0.05, 0.1) is 12.6 Å². The van der Waals surface area contributed by atoms with Crippen LogP contribution < -0.4 is 10.6 Å². The minimum absolute atomic E-state index is 0.0541. The quantitative estimate of drug-likeness (QED) is 0.822. The number of nitrogens with one attached hydrogen (secondary N) is 2. The van der Waals surface area contributed by atoms with Crippen molar-refractivity contribution in [3.63, 3.8) is 0 Å². The summed E-state index contributed by atoms with van der Waals surface area (Å²) in [6, 6.07) is 7.32. The largest absolute Gasteiger partial charge is 0.348 e. The Balaban J connectivity index is 1.30. The average molecular weight is 375 g/mol. The first-order valence-corrected chi connectivity index (χ1v) is 10.1. The molecule has 5 heteroatoms. The zero-order valence-electron chi connectivity index (χ0n) is 15.3. The second kappa shape index (κ2) is 6.88. The van der Waals surface area contributed by atoms with Gasteiger partial charge in [0, 0.05) is 10.4 Å². The summed E-state index contributed by atoms with van der Waals surface area (Å²) in [6.07, 6.45) is 7.00. The highest BCUT2D eigenvalue weighted by Gasteiger charge is 2.54. The predicted molar refractivity (Wildman–Crippen MR) is 102 cm³/mol. The van der Waals surface area contributed by atoms with Crippen molar-refractivity contribution in [2.45, 2.75) is 51.5 Å². The van der Waals surface area contributed by atoms with Crippen LogP contribution in [0, 0.1) is 23.2 Å². The van der Waals surface area contributed by atoms with E-state index in [0.29, 0.717) is 5.02 Å². The number of rotatable bonds is 5. The molecule has 0 radical (unpaired) electrons. The van der Waals surface area contributed by atoms with Crippen molar-refractivity contribution in [2.24, 2.45) is 23.2 Å². The van der Waals surface area contributed by atoms with E-state index in [0.717, 1.165) is 42.6 Å². The van der Waals surface area contributed by atoms with Gasteiger partial charge in [-0.05, 0) is 80.9 Å². The van der Waals surface area contributed by atoms with Crippen LogP contribution in [-0.2, 0) is 9.59 Å². The molecule has 0 aliphatic heterocycles. The number of hydrogen-bond donors (Lipinski definition) is 2. The van der Waals surface area contributed by atoms with Gasteiger partial charge in [0.2, 0.25) is 11.8 Å². The molecule has 4 saturated carbocycles. The maximum Gasteiger partial charge on any atom is 0.239 e. The molecule has 4 aliphatic rings. The average Bonchev–Trinajstić information content (AvgIpc) is 2.59. The standard InChI is InChI=1S/C21H27ClN2O2/c1-13(17-2-4-18(22)5-3-17)24-19(25)12-23-20(26)21-9-14-6-15(10-21)8-16(7-14)11-21/h2-5,13-16H,6-12H2,1H3,(H,23,26)(H,24,25). The SMILES string of the molecule is CC(NC(=O)CNC(=O)C12CC3CC(CC(C3)C1)C2)c1ccc(Cl)cc1. The molecule has 2 N–H and O–H groups in total. The van der Waals surface area contributed by atoms with Gasteiger partial charge in [0.15, 0.2) is 0 Å².